The third-order valence-electron chi connectivity index (χ3n) is 4.78. The molecule has 3 heterocycles. The van der Waals surface area contributed by atoms with E-state index >= 15 is 0 Å². The largest absolute Gasteiger partial charge is 0.378 e. The molecule has 140 valence electrons. The molecule has 1 fully saturated rings. The van der Waals surface area contributed by atoms with Crippen LogP contribution in [0.2, 0.25) is 0 Å². The molecule has 0 amide bonds. The van der Waals surface area contributed by atoms with E-state index < -0.39 is 0 Å². The smallest absolute Gasteiger partial charge is 0.151 e. The van der Waals surface area contributed by atoms with Gasteiger partial charge in [-0.3, -0.25) is 0 Å². The van der Waals surface area contributed by atoms with E-state index in [9.17, 15) is 4.39 Å². The number of aryl methyl sites for hydroxylation is 1. The zero-order chi connectivity index (χ0) is 18.6. The van der Waals surface area contributed by atoms with Crippen molar-refractivity contribution in [2.45, 2.75) is 19.9 Å². The zero-order valence-corrected chi connectivity index (χ0v) is 15.3. The van der Waals surface area contributed by atoms with Gasteiger partial charge in [0.15, 0.2) is 5.82 Å². The Balaban J connectivity index is 1.61. The second-order valence-electron chi connectivity index (χ2n) is 6.52. The SMILES string of the molecule is CCc1cc(N2CCOCC2)nnc1Cn1ccnc1-c1cccc(F)c1. The number of benzene rings is 1. The quantitative estimate of drug-likeness (QED) is 0.694. The standard InChI is InChI=1S/C20H22FN5O/c1-2-15-13-19(25-8-10-27-11-9-25)24-23-18(15)14-26-7-6-22-20(26)16-4-3-5-17(21)12-16/h3-7,12-13H,2,8-11,14H2,1H3. The van der Waals surface area contributed by atoms with Crippen LogP contribution in [0.25, 0.3) is 11.4 Å². The van der Waals surface area contributed by atoms with Crippen LogP contribution < -0.4 is 4.90 Å². The van der Waals surface area contributed by atoms with Gasteiger partial charge in [0.05, 0.1) is 25.5 Å². The molecule has 7 heteroatoms. The Kier molecular flexibility index (Phi) is 5.11. The number of imidazole rings is 1. The van der Waals surface area contributed by atoms with Crippen LogP contribution in [0, 0.1) is 5.82 Å². The van der Waals surface area contributed by atoms with Gasteiger partial charge in [0.25, 0.3) is 0 Å². The van der Waals surface area contributed by atoms with E-state index in [4.69, 9.17) is 4.74 Å². The summed E-state index contributed by atoms with van der Waals surface area (Å²) in [7, 11) is 0. The number of aromatic nitrogens is 4. The van der Waals surface area contributed by atoms with Gasteiger partial charge < -0.3 is 14.2 Å². The van der Waals surface area contributed by atoms with Crippen LogP contribution in [0.1, 0.15) is 18.2 Å². The molecule has 0 saturated carbocycles. The molecule has 1 saturated heterocycles. The number of anilines is 1. The van der Waals surface area contributed by atoms with E-state index in [1.807, 2.05) is 16.8 Å². The average molecular weight is 367 g/mol. The summed E-state index contributed by atoms with van der Waals surface area (Å²) in [6.07, 6.45) is 4.48. The van der Waals surface area contributed by atoms with Crippen molar-refractivity contribution < 1.29 is 9.13 Å². The molecule has 6 nitrogen and oxygen atoms in total. The van der Waals surface area contributed by atoms with Gasteiger partial charge in [-0.1, -0.05) is 19.1 Å². The van der Waals surface area contributed by atoms with Crippen molar-refractivity contribution in [2.24, 2.45) is 0 Å². The molecule has 2 aromatic heterocycles. The molecule has 1 aliphatic heterocycles. The Labute approximate surface area is 157 Å². The minimum absolute atomic E-state index is 0.272. The lowest BCUT2D eigenvalue weighted by atomic mass is 10.1. The maximum atomic E-state index is 13.6. The number of halogens is 1. The molecule has 27 heavy (non-hydrogen) atoms. The molecule has 0 N–H and O–H groups in total. The third kappa shape index (κ3) is 3.83. The molecule has 0 radical (unpaired) electrons. The number of ether oxygens (including phenoxy) is 1. The lowest BCUT2D eigenvalue weighted by Gasteiger charge is -2.27. The molecule has 0 bridgehead atoms. The first-order chi connectivity index (χ1) is 13.2. The summed E-state index contributed by atoms with van der Waals surface area (Å²) in [4.78, 5) is 6.60. The van der Waals surface area contributed by atoms with Crippen molar-refractivity contribution >= 4 is 5.82 Å². The summed E-state index contributed by atoms with van der Waals surface area (Å²) in [5.41, 5.74) is 2.81. The maximum absolute atomic E-state index is 13.6. The molecule has 3 aromatic rings. The fourth-order valence-electron chi connectivity index (χ4n) is 3.32. The minimum Gasteiger partial charge on any atom is -0.378 e. The Morgan fingerprint density at radius 1 is 1.15 bits per heavy atom. The van der Waals surface area contributed by atoms with E-state index in [-0.39, 0.29) is 5.82 Å². The van der Waals surface area contributed by atoms with Gasteiger partial charge in [-0.2, -0.15) is 5.10 Å². The van der Waals surface area contributed by atoms with Gasteiger partial charge in [0, 0.05) is 31.0 Å². The summed E-state index contributed by atoms with van der Waals surface area (Å²) < 4.78 is 21.0. The molecule has 0 spiro atoms. The first kappa shape index (κ1) is 17.6. The number of rotatable bonds is 5. The molecule has 0 atom stereocenters. The number of morpholine rings is 1. The Hall–Kier alpha value is -2.80. The molecule has 1 aromatic carbocycles. The molecule has 0 unspecified atom stereocenters. The fourth-order valence-corrected chi connectivity index (χ4v) is 3.32. The molecule has 1 aliphatic rings. The van der Waals surface area contributed by atoms with E-state index in [0.29, 0.717) is 6.54 Å². The third-order valence-corrected chi connectivity index (χ3v) is 4.78. The van der Waals surface area contributed by atoms with E-state index in [2.05, 4.69) is 33.1 Å². The van der Waals surface area contributed by atoms with Gasteiger partial charge in [-0.05, 0) is 30.2 Å². The van der Waals surface area contributed by atoms with Gasteiger partial charge in [-0.15, -0.1) is 5.10 Å². The Morgan fingerprint density at radius 3 is 2.78 bits per heavy atom. The lowest BCUT2D eigenvalue weighted by molar-refractivity contribution is 0.122. The normalized spacial score (nSPS) is 14.5. The van der Waals surface area contributed by atoms with Crippen LogP contribution in [-0.4, -0.2) is 46.1 Å². The van der Waals surface area contributed by atoms with Gasteiger partial charge >= 0.3 is 0 Å². The Morgan fingerprint density at radius 2 is 2.00 bits per heavy atom. The zero-order valence-electron chi connectivity index (χ0n) is 15.3. The van der Waals surface area contributed by atoms with Crippen molar-refractivity contribution in [3.63, 3.8) is 0 Å². The molecule has 0 aliphatic carbocycles. The lowest BCUT2D eigenvalue weighted by Crippen LogP contribution is -2.37. The summed E-state index contributed by atoms with van der Waals surface area (Å²) in [6, 6.07) is 8.59. The number of hydrogen-bond donors (Lipinski definition) is 0. The number of hydrogen-bond acceptors (Lipinski definition) is 5. The van der Waals surface area contributed by atoms with Crippen LogP contribution in [0.3, 0.4) is 0 Å². The van der Waals surface area contributed by atoms with Crippen LogP contribution >= 0.6 is 0 Å². The van der Waals surface area contributed by atoms with Crippen LogP contribution in [0.5, 0.6) is 0 Å². The summed E-state index contributed by atoms with van der Waals surface area (Å²) in [5.74, 6) is 1.34. The van der Waals surface area contributed by atoms with Gasteiger partial charge in [-0.25, -0.2) is 9.37 Å². The van der Waals surface area contributed by atoms with Crippen molar-refractivity contribution in [3.8, 4) is 11.4 Å². The summed E-state index contributed by atoms with van der Waals surface area (Å²) >= 11 is 0. The highest BCUT2D eigenvalue weighted by molar-refractivity contribution is 5.55. The van der Waals surface area contributed by atoms with Crippen LogP contribution in [0.4, 0.5) is 10.2 Å². The molecular formula is C20H22FN5O. The van der Waals surface area contributed by atoms with Crippen molar-refractivity contribution in [3.05, 3.63) is 59.8 Å². The highest BCUT2D eigenvalue weighted by Gasteiger charge is 2.16. The first-order valence-corrected chi connectivity index (χ1v) is 9.20. The van der Waals surface area contributed by atoms with Crippen LogP contribution in [0.15, 0.2) is 42.7 Å². The Bertz CT molecular complexity index is 920. The van der Waals surface area contributed by atoms with E-state index in [0.717, 1.165) is 61.2 Å². The van der Waals surface area contributed by atoms with Crippen molar-refractivity contribution in [2.75, 3.05) is 31.2 Å². The first-order valence-electron chi connectivity index (χ1n) is 9.20. The van der Waals surface area contributed by atoms with Crippen molar-refractivity contribution in [1.82, 2.24) is 19.7 Å². The summed E-state index contributed by atoms with van der Waals surface area (Å²) in [6.45, 7) is 5.77. The minimum atomic E-state index is -0.272. The highest BCUT2D eigenvalue weighted by Crippen LogP contribution is 2.21. The number of nitrogens with zero attached hydrogens (tertiary/aromatic N) is 5. The maximum Gasteiger partial charge on any atom is 0.151 e. The van der Waals surface area contributed by atoms with E-state index in [1.54, 1.807) is 12.3 Å². The second-order valence-corrected chi connectivity index (χ2v) is 6.52. The second kappa shape index (κ2) is 7.84. The van der Waals surface area contributed by atoms with Crippen LogP contribution in [-0.2, 0) is 17.7 Å². The van der Waals surface area contributed by atoms with E-state index in [1.165, 1.54) is 12.1 Å². The summed E-state index contributed by atoms with van der Waals surface area (Å²) in [5, 5.41) is 8.93. The predicted molar refractivity (Wildman–Crippen MR) is 101 cm³/mol. The van der Waals surface area contributed by atoms with Gasteiger partial charge in [0.1, 0.15) is 11.6 Å². The molecule has 4 rings (SSSR count). The molecular weight excluding hydrogens is 345 g/mol. The van der Waals surface area contributed by atoms with Crippen molar-refractivity contribution in [1.29, 1.82) is 0 Å². The fraction of sp³-hybridized carbons (Fsp3) is 0.350. The predicted octanol–water partition coefficient (Wildman–Crippen LogP) is 2.93. The monoisotopic (exact) mass is 367 g/mol. The topological polar surface area (TPSA) is 56.1 Å². The highest BCUT2D eigenvalue weighted by atomic mass is 19.1. The average Bonchev–Trinajstić information content (AvgIpc) is 3.17. The van der Waals surface area contributed by atoms with Gasteiger partial charge in [0.2, 0.25) is 0 Å².